The SMILES string of the molecule is CCc1nc(N2CCC(C(=O)NCc3ccccc3)CC2)c2c(C)scc2n1. The summed E-state index contributed by atoms with van der Waals surface area (Å²) in [7, 11) is 0. The molecule has 0 bridgehead atoms. The molecule has 0 unspecified atom stereocenters. The zero-order chi connectivity index (χ0) is 19.5. The van der Waals surface area contributed by atoms with Crippen molar-refractivity contribution in [2.24, 2.45) is 5.92 Å². The molecule has 1 saturated heterocycles. The van der Waals surface area contributed by atoms with E-state index in [9.17, 15) is 4.79 Å². The number of anilines is 1. The molecule has 6 heteroatoms. The minimum absolute atomic E-state index is 0.0755. The van der Waals surface area contributed by atoms with Gasteiger partial charge in [-0.15, -0.1) is 11.3 Å². The Bertz CT molecular complexity index is 961. The van der Waals surface area contributed by atoms with Gasteiger partial charge in [-0.3, -0.25) is 4.79 Å². The highest BCUT2D eigenvalue weighted by Crippen LogP contribution is 2.33. The molecule has 1 aliphatic rings. The highest BCUT2D eigenvalue weighted by Gasteiger charge is 2.27. The molecule has 0 saturated carbocycles. The summed E-state index contributed by atoms with van der Waals surface area (Å²) in [5.74, 6) is 2.18. The number of hydrogen-bond donors (Lipinski definition) is 1. The average molecular weight is 395 g/mol. The van der Waals surface area contributed by atoms with Gasteiger partial charge in [0.1, 0.15) is 11.6 Å². The van der Waals surface area contributed by atoms with E-state index in [1.807, 2.05) is 30.3 Å². The van der Waals surface area contributed by atoms with Gasteiger partial charge in [-0.05, 0) is 25.3 Å². The summed E-state index contributed by atoms with van der Waals surface area (Å²) >= 11 is 1.73. The Balaban J connectivity index is 1.42. The zero-order valence-corrected chi connectivity index (χ0v) is 17.3. The lowest BCUT2D eigenvalue weighted by atomic mass is 9.95. The predicted molar refractivity (Wildman–Crippen MR) is 115 cm³/mol. The molecule has 5 nitrogen and oxygen atoms in total. The summed E-state index contributed by atoms with van der Waals surface area (Å²) in [5.41, 5.74) is 2.18. The minimum atomic E-state index is 0.0755. The lowest BCUT2D eigenvalue weighted by molar-refractivity contribution is -0.125. The topological polar surface area (TPSA) is 58.1 Å². The number of hydrogen-bond acceptors (Lipinski definition) is 5. The molecule has 2 aromatic heterocycles. The van der Waals surface area contributed by atoms with Gasteiger partial charge in [0, 0.05) is 42.2 Å². The first-order chi connectivity index (χ1) is 13.7. The molecule has 0 atom stereocenters. The smallest absolute Gasteiger partial charge is 0.223 e. The average Bonchev–Trinajstić information content (AvgIpc) is 3.13. The van der Waals surface area contributed by atoms with Crippen LogP contribution in [0, 0.1) is 12.8 Å². The van der Waals surface area contributed by atoms with Crippen LogP contribution in [0.25, 0.3) is 10.9 Å². The van der Waals surface area contributed by atoms with E-state index < -0.39 is 0 Å². The molecule has 3 aromatic rings. The van der Waals surface area contributed by atoms with Gasteiger partial charge in [-0.2, -0.15) is 0 Å². The fraction of sp³-hybridized carbons (Fsp3) is 0.409. The largest absolute Gasteiger partial charge is 0.356 e. The van der Waals surface area contributed by atoms with Gasteiger partial charge in [-0.25, -0.2) is 9.97 Å². The summed E-state index contributed by atoms with van der Waals surface area (Å²) < 4.78 is 0. The second-order valence-corrected chi connectivity index (χ2v) is 8.42. The number of rotatable bonds is 5. The Kier molecular flexibility index (Phi) is 5.57. The van der Waals surface area contributed by atoms with Crippen molar-refractivity contribution in [3.05, 3.63) is 52.0 Å². The van der Waals surface area contributed by atoms with Crippen LogP contribution in [0.3, 0.4) is 0 Å². The van der Waals surface area contributed by atoms with E-state index in [0.717, 1.165) is 55.1 Å². The number of carbonyl (C=O) groups is 1. The Hall–Kier alpha value is -2.47. The summed E-state index contributed by atoms with van der Waals surface area (Å²) in [5, 5.41) is 6.39. The second kappa shape index (κ2) is 8.27. The van der Waals surface area contributed by atoms with Crippen LogP contribution in [0.4, 0.5) is 5.82 Å². The number of aryl methyl sites for hydroxylation is 2. The van der Waals surface area contributed by atoms with Crippen molar-refractivity contribution in [2.75, 3.05) is 18.0 Å². The van der Waals surface area contributed by atoms with Crippen molar-refractivity contribution in [3.8, 4) is 0 Å². The lowest BCUT2D eigenvalue weighted by Crippen LogP contribution is -2.40. The third-order valence-electron chi connectivity index (χ3n) is 5.45. The van der Waals surface area contributed by atoms with Crippen molar-refractivity contribution in [1.82, 2.24) is 15.3 Å². The Morgan fingerprint density at radius 3 is 2.68 bits per heavy atom. The van der Waals surface area contributed by atoms with Crippen molar-refractivity contribution in [3.63, 3.8) is 0 Å². The molecule has 1 N–H and O–H groups in total. The number of thiophene rings is 1. The monoisotopic (exact) mass is 394 g/mol. The van der Waals surface area contributed by atoms with Crippen LogP contribution < -0.4 is 10.2 Å². The maximum Gasteiger partial charge on any atom is 0.223 e. The first kappa shape index (κ1) is 18.9. The number of fused-ring (bicyclic) bond motifs is 1. The van der Waals surface area contributed by atoms with Crippen LogP contribution in [-0.4, -0.2) is 29.0 Å². The number of nitrogens with zero attached hydrogens (tertiary/aromatic N) is 3. The number of benzene rings is 1. The predicted octanol–water partition coefficient (Wildman–Crippen LogP) is 4.09. The number of piperidine rings is 1. The second-order valence-electron chi connectivity index (χ2n) is 7.33. The van der Waals surface area contributed by atoms with Crippen LogP contribution in [0.2, 0.25) is 0 Å². The molecule has 1 aliphatic heterocycles. The third kappa shape index (κ3) is 3.87. The Morgan fingerprint density at radius 1 is 1.21 bits per heavy atom. The summed E-state index contributed by atoms with van der Waals surface area (Å²) in [6.07, 6.45) is 2.55. The zero-order valence-electron chi connectivity index (χ0n) is 16.4. The molecule has 0 aliphatic carbocycles. The Labute approximate surface area is 169 Å². The van der Waals surface area contributed by atoms with E-state index in [2.05, 4.69) is 34.4 Å². The number of aromatic nitrogens is 2. The van der Waals surface area contributed by atoms with Crippen molar-refractivity contribution in [2.45, 2.75) is 39.7 Å². The normalized spacial score (nSPS) is 15.1. The number of carbonyl (C=O) groups excluding carboxylic acids is 1. The number of amides is 1. The molecule has 1 aromatic carbocycles. The van der Waals surface area contributed by atoms with Gasteiger partial charge in [0.15, 0.2) is 0 Å². The summed E-state index contributed by atoms with van der Waals surface area (Å²) in [6, 6.07) is 10.1. The Morgan fingerprint density at radius 2 is 1.96 bits per heavy atom. The molecular formula is C22H26N4OS. The highest BCUT2D eigenvalue weighted by atomic mass is 32.1. The van der Waals surface area contributed by atoms with Gasteiger partial charge in [0.05, 0.1) is 10.9 Å². The van der Waals surface area contributed by atoms with Gasteiger partial charge >= 0.3 is 0 Å². The van der Waals surface area contributed by atoms with Crippen LogP contribution >= 0.6 is 11.3 Å². The molecule has 3 heterocycles. The standard InChI is InChI=1S/C22H26N4OS/c1-3-19-24-18-14-28-15(2)20(18)21(25-19)26-11-9-17(10-12-26)22(27)23-13-16-7-5-4-6-8-16/h4-8,14,17H,3,9-13H2,1-2H3,(H,23,27). The van der Waals surface area contributed by atoms with E-state index in [1.54, 1.807) is 11.3 Å². The van der Waals surface area contributed by atoms with E-state index in [0.29, 0.717) is 6.54 Å². The highest BCUT2D eigenvalue weighted by molar-refractivity contribution is 7.11. The maximum atomic E-state index is 12.6. The third-order valence-corrected chi connectivity index (χ3v) is 6.35. The van der Waals surface area contributed by atoms with E-state index in [1.165, 1.54) is 10.3 Å². The number of nitrogens with one attached hydrogen (secondary N) is 1. The van der Waals surface area contributed by atoms with Gasteiger partial charge < -0.3 is 10.2 Å². The van der Waals surface area contributed by atoms with Crippen LogP contribution in [0.15, 0.2) is 35.7 Å². The van der Waals surface area contributed by atoms with E-state index in [4.69, 9.17) is 4.98 Å². The van der Waals surface area contributed by atoms with Crippen molar-refractivity contribution in [1.29, 1.82) is 0 Å². The molecule has 28 heavy (non-hydrogen) atoms. The van der Waals surface area contributed by atoms with Crippen LogP contribution in [0.1, 0.15) is 36.0 Å². The maximum absolute atomic E-state index is 12.6. The first-order valence-electron chi connectivity index (χ1n) is 9.97. The first-order valence-corrected chi connectivity index (χ1v) is 10.8. The van der Waals surface area contributed by atoms with Crippen molar-refractivity contribution < 1.29 is 4.79 Å². The quantitative estimate of drug-likeness (QED) is 0.708. The molecule has 1 amide bonds. The molecule has 0 radical (unpaired) electrons. The van der Waals surface area contributed by atoms with Gasteiger partial charge in [-0.1, -0.05) is 37.3 Å². The fourth-order valence-corrected chi connectivity index (χ4v) is 4.58. The lowest BCUT2D eigenvalue weighted by Gasteiger charge is -2.32. The van der Waals surface area contributed by atoms with E-state index >= 15 is 0 Å². The summed E-state index contributed by atoms with van der Waals surface area (Å²) in [6.45, 7) is 6.53. The molecular weight excluding hydrogens is 368 g/mol. The van der Waals surface area contributed by atoms with Crippen molar-refractivity contribution >= 4 is 34.0 Å². The van der Waals surface area contributed by atoms with E-state index in [-0.39, 0.29) is 11.8 Å². The minimum Gasteiger partial charge on any atom is -0.356 e. The van der Waals surface area contributed by atoms with Gasteiger partial charge in [0.25, 0.3) is 0 Å². The van der Waals surface area contributed by atoms with Gasteiger partial charge in [0.2, 0.25) is 5.91 Å². The molecule has 146 valence electrons. The summed E-state index contributed by atoms with van der Waals surface area (Å²) in [4.78, 5) is 25.7. The molecule has 0 spiro atoms. The molecule has 1 fully saturated rings. The van der Waals surface area contributed by atoms with Crippen LogP contribution in [-0.2, 0) is 17.8 Å². The van der Waals surface area contributed by atoms with Crippen LogP contribution in [0.5, 0.6) is 0 Å². The fourth-order valence-electron chi connectivity index (χ4n) is 3.81. The molecule has 4 rings (SSSR count).